The van der Waals surface area contributed by atoms with Crippen LogP contribution < -0.4 is 5.32 Å². The largest absolute Gasteiger partial charge is 0.456 e. The molecule has 0 amide bonds. The first kappa shape index (κ1) is 12.8. The highest BCUT2D eigenvalue weighted by Gasteiger charge is 2.16. The second-order valence-corrected chi connectivity index (χ2v) is 4.71. The van der Waals surface area contributed by atoms with Crippen LogP contribution in [0.3, 0.4) is 0 Å². The van der Waals surface area contributed by atoms with E-state index in [0.717, 1.165) is 23.1 Å². The Morgan fingerprint density at radius 3 is 2.90 bits per heavy atom. The molecular formula is C16H15FN2O. The zero-order chi connectivity index (χ0) is 13.9. The molecule has 2 aromatic heterocycles. The van der Waals surface area contributed by atoms with Gasteiger partial charge < -0.3 is 9.73 Å². The molecule has 1 unspecified atom stereocenters. The number of benzene rings is 1. The Morgan fingerprint density at radius 2 is 2.20 bits per heavy atom. The zero-order valence-electron chi connectivity index (χ0n) is 11.1. The second kappa shape index (κ2) is 5.43. The SMILES string of the molecule is CNC(Cc1cccnc1)c1cc2cccc(F)c2o1. The molecule has 3 nitrogen and oxygen atoms in total. The van der Waals surface area contributed by atoms with Crippen molar-refractivity contribution in [2.75, 3.05) is 7.05 Å². The molecule has 1 atom stereocenters. The maximum atomic E-state index is 13.7. The molecule has 1 N–H and O–H groups in total. The summed E-state index contributed by atoms with van der Waals surface area (Å²) in [5.41, 5.74) is 1.42. The molecule has 0 fully saturated rings. The van der Waals surface area contributed by atoms with E-state index in [1.807, 2.05) is 37.5 Å². The van der Waals surface area contributed by atoms with Gasteiger partial charge in [-0.1, -0.05) is 18.2 Å². The van der Waals surface area contributed by atoms with Gasteiger partial charge in [0.1, 0.15) is 5.76 Å². The van der Waals surface area contributed by atoms with E-state index in [0.29, 0.717) is 5.58 Å². The highest BCUT2D eigenvalue weighted by molar-refractivity contribution is 5.78. The lowest BCUT2D eigenvalue weighted by Crippen LogP contribution is -2.18. The molecule has 3 aromatic rings. The standard InChI is InChI=1S/C16H15FN2O/c1-18-14(8-11-4-3-7-19-10-11)15-9-12-5-2-6-13(17)16(12)20-15/h2-7,9-10,14,18H,8H2,1H3. The van der Waals surface area contributed by atoms with Gasteiger partial charge in [0.2, 0.25) is 0 Å². The molecule has 0 aliphatic carbocycles. The summed E-state index contributed by atoms with van der Waals surface area (Å²) in [7, 11) is 1.87. The molecule has 0 saturated heterocycles. The number of nitrogens with one attached hydrogen (secondary N) is 1. The van der Waals surface area contributed by atoms with E-state index in [2.05, 4.69) is 10.3 Å². The van der Waals surface area contributed by atoms with Crippen molar-refractivity contribution in [1.29, 1.82) is 0 Å². The van der Waals surface area contributed by atoms with Gasteiger partial charge in [0.25, 0.3) is 0 Å². The van der Waals surface area contributed by atoms with Crippen LogP contribution >= 0.6 is 0 Å². The van der Waals surface area contributed by atoms with Crippen LogP contribution in [-0.2, 0) is 6.42 Å². The van der Waals surface area contributed by atoms with Crippen LogP contribution in [0.1, 0.15) is 17.4 Å². The third kappa shape index (κ3) is 2.42. The lowest BCUT2D eigenvalue weighted by Gasteiger charge is -2.13. The summed E-state index contributed by atoms with van der Waals surface area (Å²) in [5, 5.41) is 3.99. The normalized spacial score (nSPS) is 12.7. The number of para-hydroxylation sites is 1. The highest BCUT2D eigenvalue weighted by Crippen LogP contribution is 2.27. The van der Waals surface area contributed by atoms with Gasteiger partial charge in [-0.15, -0.1) is 0 Å². The lowest BCUT2D eigenvalue weighted by molar-refractivity contribution is 0.441. The smallest absolute Gasteiger partial charge is 0.169 e. The average Bonchev–Trinajstić information content (AvgIpc) is 2.91. The fourth-order valence-corrected chi connectivity index (χ4v) is 2.32. The Kier molecular flexibility index (Phi) is 3.48. The molecule has 0 spiro atoms. The van der Waals surface area contributed by atoms with Gasteiger partial charge in [0.15, 0.2) is 11.4 Å². The Hall–Kier alpha value is -2.20. The predicted molar refractivity (Wildman–Crippen MR) is 75.9 cm³/mol. The van der Waals surface area contributed by atoms with Crippen LogP contribution in [0.4, 0.5) is 4.39 Å². The maximum absolute atomic E-state index is 13.7. The predicted octanol–water partition coefficient (Wildman–Crippen LogP) is 3.47. The van der Waals surface area contributed by atoms with Gasteiger partial charge in [-0.3, -0.25) is 4.98 Å². The number of furan rings is 1. The summed E-state index contributed by atoms with van der Waals surface area (Å²) in [5.74, 6) is 0.404. The summed E-state index contributed by atoms with van der Waals surface area (Å²) in [6.45, 7) is 0. The number of halogens is 1. The van der Waals surface area contributed by atoms with Crippen LogP contribution in [0.15, 0.2) is 53.2 Å². The lowest BCUT2D eigenvalue weighted by atomic mass is 10.1. The second-order valence-electron chi connectivity index (χ2n) is 4.71. The van der Waals surface area contributed by atoms with Crippen molar-refractivity contribution < 1.29 is 8.81 Å². The van der Waals surface area contributed by atoms with Gasteiger partial charge in [-0.2, -0.15) is 0 Å². The number of aromatic nitrogens is 1. The third-order valence-corrected chi connectivity index (χ3v) is 3.37. The molecule has 0 aliphatic heterocycles. The highest BCUT2D eigenvalue weighted by atomic mass is 19.1. The maximum Gasteiger partial charge on any atom is 0.169 e. The van der Waals surface area contributed by atoms with Crippen LogP contribution in [-0.4, -0.2) is 12.0 Å². The molecule has 1 aromatic carbocycles. The van der Waals surface area contributed by atoms with Crippen molar-refractivity contribution in [3.63, 3.8) is 0 Å². The monoisotopic (exact) mass is 270 g/mol. The first-order chi connectivity index (χ1) is 9.78. The number of likely N-dealkylation sites (N-methyl/N-ethyl adjacent to an activating group) is 1. The van der Waals surface area contributed by atoms with E-state index in [4.69, 9.17) is 4.42 Å². The molecule has 20 heavy (non-hydrogen) atoms. The molecule has 0 saturated carbocycles. The Morgan fingerprint density at radius 1 is 1.30 bits per heavy atom. The quantitative estimate of drug-likeness (QED) is 0.789. The van der Waals surface area contributed by atoms with Crippen molar-refractivity contribution in [3.05, 3.63) is 65.9 Å². The van der Waals surface area contributed by atoms with Crippen molar-refractivity contribution >= 4 is 11.0 Å². The Labute approximate surface area is 116 Å². The minimum Gasteiger partial charge on any atom is -0.456 e. The van der Waals surface area contributed by atoms with Crippen LogP contribution in [0.25, 0.3) is 11.0 Å². The number of hydrogen-bond acceptors (Lipinski definition) is 3. The molecule has 0 bridgehead atoms. The van der Waals surface area contributed by atoms with Crippen molar-refractivity contribution in [2.45, 2.75) is 12.5 Å². The fourth-order valence-electron chi connectivity index (χ4n) is 2.32. The van der Waals surface area contributed by atoms with Crippen LogP contribution in [0, 0.1) is 5.82 Å². The van der Waals surface area contributed by atoms with Gasteiger partial charge in [-0.05, 0) is 37.2 Å². The minimum atomic E-state index is -0.329. The average molecular weight is 270 g/mol. The zero-order valence-corrected chi connectivity index (χ0v) is 11.1. The topological polar surface area (TPSA) is 38.1 Å². The number of rotatable bonds is 4. The van der Waals surface area contributed by atoms with E-state index in [1.165, 1.54) is 6.07 Å². The molecule has 0 radical (unpaired) electrons. The van der Waals surface area contributed by atoms with Crippen molar-refractivity contribution in [2.24, 2.45) is 0 Å². The number of fused-ring (bicyclic) bond motifs is 1. The minimum absolute atomic E-state index is 0.00833. The molecule has 3 rings (SSSR count). The van der Waals surface area contributed by atoms with Gasteiger partial charge >= 0.3 is 0 Å². The summed E-state index contributed by atoms with van der Waals surface area (Å²) in [4.78, 5) is 4.10. The number of pyridine rings is 1. The fraction of sp³-hybridized carbons (Fsp3) is 0.188. The first-order valence-corrected chi connectivity index (χ1v) is 6.52. The summed E-state index contributed by atoms with van der Waals surface area (Å²) in [6.07, 6.45) is 4.31. The van der Waals surface area contributed by atoms with E-state index >= 15 is 0 Å². The van der Waals surface area contributed by atoms with Crippen LogP contribution in [0.5, 0.6) is 0 Å². The summed E-state index contributed by atoms with van der Waals surface area (Å²) < 4.78 is 19.3. The van der Waals surface area contributed by atoms with Gasteiger partial charge in [0.05, 0.1) is 6.04 Å². The Balaban J connectivity index is 1.93. The number of hydrogen-bond donors (Lipinski definition) is 1. The summed E-state index contributed by atoms with van der Waals surface area (Å²) in [6, 6.07) is 10.7. The summed E-state index contributed by atoms with van der Waals surface area (Å²) >= 11 is 0. The van der Waals surface area contributed by atoms with E-state index in [9.17, 15) is 4.39 Å². The van der Waals surface area contributed by atoms with Crippen LogP contribution in [0.2, 0.25) is 0 Å². The van der Waals surface area contributed by atoms with E-state index in [-0.39, 0.29) is 11.9 Å². The first-order valence-electron chi connectivity index (χ1n) is 6.52. The molecule has 102 valence electrons. The van der Waals surface area contributed by atoms with Gasteiger partial charge in [0, 0.05) is 17.8 Å². The molecule has 2 heterocycles. The van der Waals surface area contributed by atoms with Crippen molar-refractivity contribution in [1.82, 2.24) is 10.3 Å². The van der Waals surface area contributed by atoms with Gasteiger partial charge in [-0.25, -0.2) is 4.39 Å². The Bertz CT molecular complexity index is 709. The third-order valence-electron chi connectivity index (χ3n) is 3.37. The molecule has 0 aliphatic rings. The molecular weight excluding hydrogens is 255 g/mol. The van der Waals surface area contributed by atoms with E-state index < -0.39 is 0 Å². The van der Waals surface area contributed by atoms with Crippen molar-refractivity contribution in [3.8, 4) is 0 Å². The molecule has 4 heteroatoms. The number of nitrogens with zero attached hydrogens (tertiary/aromatic N) is 1. The van der Waals surface area contributed by atoms with E-state index in [1.54, 1.807) is 12.3 Å².